The summed E-state index contributed by atoms with van der Waals surface area (Å²) in [6, 6.07) is 2.07. The summed E-state index contributed by atoms with van der Waals surface area (Å²) in [5.41, 5.74) is 3.33. The lowest BCUT2D eigenvalue weighted by atomic mass is 10.1. The van der Waals surface area contributed by atoms with Gasteiger partial charge in [-0.25, -0.2) is 0 Å². The summed E-state index contributed by atoms with van der Waals surface area (Å²) in [6.07, 6.45) is 0. The zero-order chi connectivity index (χ0) is 14.5. The Labute approximate surface area is 133 Å². The number of amides is 1. The Balaban J connectivity index is 1.99. The summed E-state index contributed by atoms with van der Waals surface area (Å²) in [4.78, 5) is 12.3. The minimum absolute atomic E-state index is 0.0930. The number of H-pyrrole nitrogens is 1. The first-order valence-electron chi connectivity index (χ1n) is 6.17. The maximum absolute atomic E-state index is 12.3. The van der Waals surface area contributed by atoms with Gasteiger partial charge in [0.15, 0.2) is 0 Å². The second-order valence-corrected chi connectivity index (χ2v) is 9.35. The van der Waals surface area contributed by atoms with Gasteiger partial charge in [0.25, 0.3) is 5.91 Å². The Bertz CT molecular complexity index is 684. The minimum atomic E-state index is -0.256. The van der Waals surface area contributed by atoms with E-state index in [-0.39, 0.29) is 11.4 Å². The summed E-state index contributed by atoms with van der Waals surface area (Å²) in [5, 5.41) is 10.2. The van der Waals surface area contributed by atoms with Crippen LogP contribution in [-0.4, -0.2) is 21.6 Å². The highest BCUT2D eigenvalue weighted by atomic mass is 79.9. The number of hydrogen-bond acceptors (Lipinski definition) is 4. The third-order valence-electron chi connectivity index (χ3n) is 2.85. The fourth-order valence-corrected chi connectivity index (χ4v) is 5.28. The molecule has 3 heterocycles. The van der Waals surface area contributed by atoms with Crippen molar-refractivity contribution in [2.75, 3.05) is 0 Å². The van der Waals surface area contributed by atoms with Crippen LogP contribution in [0.4, 0.5) is 0 Å². The fraction of sp³-hybridized carbons (Fsp3) is 0.385. The molecule has 0 saturated heterocycles. The Kier molecular flexibility index (Phi) is 3.46. The normalized spacial score (nSPS) is 13.8. The first kappa shape index (κ1) is 14.2. The van der Waals surface area contributed by atoms with Crippen molar-refractivity contribution < 1.29 is 4.79 Å². The molecule has 3 rings (SSSR count). The lowest BCUT2D eigenvalue weighted by molar-refractivity contribution is 0.0913. The second-order valence-electron chi connectivity index (χ2n) is 5.67. The lowest BCUT2D eigenvalue weighted by Gasteiger charge is -2.20. The molecule has 2 aromatic rings. The van der Waals surface area contributed by atoms with Crippen molar-refractivity contribution in [2.45, 2.75) is 36.3 Å². The van der Waals surface area contributed by atoms with E-state index < -0.39 is 0 Å². The highest BCUT2D eigenvalue weighted by Gasteiger charge is 2.28. The monoisotopic (exact) mass is 371 g/mol. The van der Waals surface area contributed by atoms with Gasteiger partial charge in [-0.15, -0.1) is 23.1 Å². The third-order valence-corrected chi connectivity index (χ3v) is 5.80. The summed E-state index contributed by atoms with van der Waals surface area (Å²) < 4.78 is 2.34. The number of carbonyl (C=O) groups is 1. The average molecular weight is 372 g/mol. The van der Waals surface area contributed by atoms with E-state index in [1.807, 2.05) is 20.8 Å². The molecule has 7 heteroatoms. The van der Waals surface area contributed by atoms with E-state index in [9.17, 15) is 4.79 Å². The van der Waals surface area contributed by atoms with Gasteiger partial charge >= 0.3 is 0 Å². The number of nitrogens with zero attached hydrogens (tertiary/aromatic N) is 1. The molecule has 0 saturated carbocycles. The van der Waals surface area contributed by atoms with E-state index in [2.05, 4.69) is 37.5 Å². The predicted molar refractivity (Wildman–Crippen MR) is 86.4 cm³/mol. The van der Waals surface area contributed by atoms with Crippen LogP contribution in [-0.2, 0) is 5.75 Å². The van der Waals surface area contributed by atoms with Crippen LogP contribution in [0.3, 0.4) is 0 Å². The number of aromatic amines is 1. The molecule has 2 N–H and O–H groups in total. The fourth-order valence-electron chi connectivity index (χ4n) is 2.07. The van der Waals surface area contributed by atoms with Crippen molar-refractivity contribution in [2.24, 2.45) is 0 Å². The third kappa shape index (κ3) is 2.54. The minimum Gasteiger partial charge on any atom is -0.346 e. The molecular formula is C13H14BrN3OS2. The quantitative estimate of drug-likeness (QED) is 0.795. The number of aromatic nitrogens is 2. The zero-order valence-electron chi connectivity index (χ0n) is 11.3. The molecule has 1 aliphatic heterocycles. The highest BCUT2D eigenvalue weighted by Crippen LogP contribution is 2.47. The van der Waals surface area contributed by atoms with E-state index in [1.54, 1.807) is 23.1 Å². The van der Waals surface area contributed by atoms with Crippen molar-refractivity contribution in [1.29, 1.82) is 0 Å². The largest absolute Gasteiger partial charge is 0.346 e. The molecule has 0 spiro atoms. The zero-order valence-corrected chi connectivity index (χ0v) is 14.6. The van der Waals surface area contributed by atoms with Crippen LogP contribution in [0.5, 0.6) is 0 Å². The van der Waals surface area contributed by atoms with Gasteiger partial charge in [-0.3, -0.25) is 9.89 Å². The predicted octanol–water partition coefficient (Wildman–Crippen LogP) is 4.03. The van der Waals surface area contributed by atoms with Gasteiger partial charge in [0.2, 0.25) is 0 Å². The van der Waals surface area contributed by atoms with Gasteiger partial charge in [0.05, 0.1) is 13.7 Å². The van der Waals surface area contributed by atoms with Crippen molar-refractivity contribution in [3.63, 3.8) is 0 Å². The van der Waals surface area contributed by atoms with Gasteiger partial charge in [-0.2, -0.15) is 5.10 Å². The van der Waals surface area contributed by atoms with E-state index in [1.165, 1.54) is 4.21 Å². The van der Waals surface area contributed by atoms with Crippen molar-refractivity contribution in [3.05, 3.63) is 21.1 Å². The van der Waals surface area contributed by atoms with E-state index >= 15 is 0 Å². The lowest BCUT2D eigenvalue weighted by Crippen LogP contribution is -2.41. The molecule has 0 aliphatic carbocycles. The molecule has 4 nitrogen and oxygen atoms in total. The molecule has 0 fully saturated rings. The van der Waals surface area contributed by atoms with Crippen LogP contribution in [0.2, 0.25) is 0 Å². The van der Waals surface area contributed by atoms with Crippen LogP contribution in [0, 0.1) is 0 Å². The highest BCUT2D eigenvalue weighted by molar-refractivity contribution is 9.11. The molecule has 20 heavy (non-hydrogen) atoms. The molecular weight excluding hydrogens is 358 g/mol. The van der Waals surface area contributed by atoms with Crippen LogP contribution < -0.4 is 5.32 Å². The molecule has 1 amide bonds. The van der Waals surface area contributed by atoms with Gasteiger partial charge in [-0.05, 0) is 42.8 Å². The summed E-state index contributed by atoms with van der Waals surface area (Å²) >= 11 is 6.97. The topological polar surface area (TPSA) is 57.8 Å². The number of nitrogens with one attached hydrogen (secondary N) is 2. The SMILES string of the molecule is CC(C)(C)NC(=O)c1[nH]nc2c1CSc1sc(Br)cc1-2. The number of rotatable bonds is 1. The van der Waals surface area contributed by atoms with Crippen molar-refractivity contribution >= 4 is 44.9 Å². The van der Waals surface area contributed by atoms with Crippen LogP contribution in [0.1, 0.15) is 36.8 Å². The molecule has 2 aromatic heterocycles. The van der Waals surface area contributed by atoms with Gasteiger partial charge in [-0.1, -0.05) is 0 Å². The summed E-state index contributed by atoms with van der Waals surface area (Å²) in [7, 11) is 0. The second kappa shape index (κ2) is 4.89. The number of fused-ring (bicyclic) bond motifs is 3. The first-order valence-corrected chi connectivity index (χ1v) is 8.77. The Morgan fingerprint density at radius 1 is 1.50 bits per heavy atom. The maximum Gasteiger partial charge on any atom is 0.270 e. The number of thiophene rings is 1. The number of halogens is 1. The molecule has 1 aliphatic rings. The number of thioether (sulfide) groups is 1. The standard InChI is InChI=1S/C13H14BrN3OS2/c1-13(2,3)15-11(18)10-7-5-19-12-6(4-8(14)20-12)9(7)16-17-10/h4H,5H2,1-3H3,(H,15,18)(H,16,17). The van der Waals surface area contributed by atoms with Crippen molar-refractivity contribution in [3.8, 4) is 11.3 Å². The Hall–Kier alpha value is -0.790. The molecule has 106 valence electrons. The molecule has 0 atom stereocenters. The van der Waals surface area contributed by atoms with E-state index in [4.69, 9.17) is 0 Å². The Morgan fingerprint density at radius 2 is 2.25 bits per heavy atom. The molecule has 0 unspecified atom stereocenters. The van der Waals surface area contributed by atoms with Crippen LogP contribution in [0.15, 0.2) is 14.1 Å². The molecule has 0 bridgehead atoms. The maximum atomic E-state index is 12.3. The molecule has 0 aromatic carbocycles. The van der Waals surface area contributed by atoms with E-state index in [0.29, 0.717) is 5.69 Å². The first-order chi connectivity index (χ1) is 9.35. The molecule has 0 radical (unpaired) electrons. The number of carbonyl (C=O) groups excluding carboxylic acids is 1. The average Bonchev–Trinajstić information content (AvgIpc) is 2.87. The summed E-state index contributed by atoms with van der Waals surface area (Å²) in [6.45, 7) is 5.91. The smallest absolute Gasteiger partial charge is 0.270 e. The van der Waals surface area contributed by atoms with Gasteiger partial charge in [0.1, 0.15) is 5.69 Å². The van der Waals surface area contributed by atoms with E-state index in [0.717, 1.165) is 26.4 Å². The van der Waals surface area contributed by atoms with Crippen LogP contribution >= 0.6 is 39.0 Å². The number of hydrogen-bond donors (Lipinski definition) is 2. The van der Waals surface area contributed by atoms with Gasteiger partial charge < -0.3 is 5.32 Å². The van der Waals surface area contributed by atoms with Crippen LogP contribution in [0.25, 0.3) is 11.3 Å². The van der Waals surface area contributed by atoms with Gasteiger partial charge in [0, 0.05) is 22.4 Å². The summed E-state index contributed by atoms with van der Waals surface area (Å²) in [5.74, 6) is 0.684. The Morgan fingerprint density at radius 3 is 2.95 bits per heavy atom. The van der Waals surface area contributed by atoms with Crippen molar-refractivity contribution in [1.82, 2.24) is 15.5 Å².